The number of likely N-dealkylation sites (tertiary alicyclic amines) is 1. The third-order valence-corrected chi connectivity index (χ3v) is 5.36. The molecule has 0 bridgehead atoms. The smallest absolute Gasteiger partial charge is 0.321 e. The quantitative estimate of drug-likeness (QED) is 0.671. The van der Waals surface area contributed by atoms with E-state index in [9.17, 15) is 4.79 Å². The van der Waals surface area contributed by atoms with Crippen LogP contribution in [0.25, 0.3) is 11.3 Å². The SMILES string of the molecule is CCc1cccc(NC(=O)N2CCCC(c3ncc(-c4ccccc4)[nH]3)C2)c1. The molecule has 5 nitrogen and oxygen atoms in total. The van der Waals surface area contributed by atoms with E-state index in [4.69, 9.17) is 0 Å². The van der Waals surface area contributed by atoms with Gasteiger partial charge in [0.05, 0.1) is 11.9 Å². The van der Waals surface area contributed by atoms with Gasteiger partial charge in [0.15, 0.2) is 0 Å². The van der Waals surface area contributed by atoms with Crippen LogP contribution in [0.15, 0.2) is 60.8 Å². The van der Waals surface area contributed by atoms with Crippen molar-refractivity contribution >= 4 is 11.7 Å². The van der Waals surface area contributed by atoms with E-state index < -0.39 is 0 Å². The molecule has 0 spiro atoms. The van der Waals surface area contributed by atoms with Crippen molar-refractivity contribution in [3.05, 3.63) is 72.2 Å². The summed E-state index contributed by atoms with van der Waals surface area (Å²) in [5, 5.41) is 3.05. The maximum absolute atomic E-state index is 12.8. The van der Waals surface area contributed by atoms with Crippen molar-refractivity contribution in [3.63, 3.8) is 0 Å². The van der Waals surface area contributed by atoms with E-state index in [0.717, 1.165) is 48.6 Å². The first-order valence-electron chi connectivity index (χ1n) is 9.98. The van der Waals surface area contributed by atoms with Crippen LogP contribution >= 0.6 is 0 Å². The second-order valence-corrected chi connectivity index (χ2v) is 7.32. The number of aryl methyl sites for hydroxylation is 1. The second kappa shape index (κ2) is 8.30. The van der Waals surface area contributed by atoms with Crippen molar-refractivity contribution in [2.75, 3.05) is 18.4 Å². The average Bonchev–Trinajstić information content (AvgIpc) is 3.25. The fourth-order valence-electron chi connectivity index (χ4n) is 3.76. The number of carbonyl (C=O) groups excluding carboxylic acids is 1. The lowest BCUT2D eigenvalue weighted by Gasteiger charge is -2.32. The van der Waals surface area contributed by atoms with Crippen molar-refractivity contribution in [2.45, 2.75) is 32.1 Å². The first kappa shape index (κ1) is 18.3. The van der Waals surface area contributed by atoms with E-state index in [1.54, 1.807) is 0 Å². The molecule has 28 heavy (non-hydrogen) atoms. The van der Waals surface area contributed by atoms with Crippen LogP contribution in [0.3, 0.4) is 0 Å². The number of anilines is 1. The highest BCUT2D eigenvalue weighted by Gasteiger charge is 2.26. The molecule has 5 heteroatoms. The number of piperidine rings is 1. The summed E-state index contributed by atoms with van der Waals surface area (Å²) >= 11 is 0. The summed E-state index contributed by atoms with van der Waals surface area (Å²) in [6.45, 7) is 3.58. The van der Waals surface area contributed by atoms with Crippen molar-refractivity contribution in [1.82, 2.24) is 14.9 Å². The zero-order valence-electron chi connectivity index (χ0n) is 16.2. The first-order chi connectivity index (χ1) is 13.7. The maximum atomic E-state index is 12.8. The molecule has 1 unspecified atom stereocenters. The first-order valence-corrected chi connectivity index (χ1v) is 9.98. The van der Waals surface area contributed by atoms with Gasteiger partial charge in [-0.2, -0.15) is 0 Å². The molecule has 1 aliphatic heterocycles. The van der Waals surface area contributed by atoms with E-state index in [2.05, 4.69) is 40.4 Å². The molecule has 2 amide bonds. The van der Waals surface area contributed by atoms with Crippen LogP contribution in [0.1, 0.15) is 37.1 Å². The maximum Gasteiger partial charge on any atom is 0.321 e. The zero-order chi connectivity index (χ0) is 19.3. The monoisotopic (exact) mass is 374 g/mol. The Balaban J connectivity index is 1.43. The van der Waals surface area contributed by atoms with Crippen LogP contribution < -0.4 is 5.32 Å². The molecule has 0 radical (unpaired) electrons. The van der Waals surface area contributed by atoms with Crippen molar-refractivity contribution in [1.29, 1.82) is 0 Å². The van der Waals surface area contributed by atoms with Gasteiger partial charge in [-0.25, -0.2) is 9.78 Å². The number of imidazole rings is 1. The van der Waals surface area contributed by atoms with Gasteiger partial charge >= 0.3 is 6.03 Å². The molecule has 1 aromatic heterocycles. The minimum absolute atomic E-state index is 0.0345. The molecular formula is C23H26N4O. The van der Waals surface area contributed by atoms with Gasteiger partial charge in [-0.1, -0.05) is 49.4 Å². The Morgan fingerprint density at radius 1 is 1.21 bits per heavy atom. The van der Waals surface area contributed by atoms with Crippen LogP contribution in [0.4, 0.5) is 10.5 Å². The highest BCUT2D eigenvalue weighted by atomic mass is 16.2. The van der Waals surface area contributed by atoms with E-state index in [1.807, 2.05) is 47.5 Å². The minimum Gasteiger partial charge on any atom is -0.342 e. The highest BCUT2D eigenvalue weighted by Crippen LogP contribution is 2.27. The highest BCUT2D eigenvalue weighted by molar-refractivity contribution is 5.89. The van der Waals surface area contributed by atoms with Gasteiger partial charge in [-0.05, 0) is 42.5 Å². The molecule has 2 aromatic carbocycles. The van der Waals surface area contributed by atoms with Crippen LogP contribution in [-0.4, -0.2) is 34.0 Å². The van der Waals surface area contributed by atoms with Gasteiger partial charge in [0, 0.05) is 24.7 Å². The summed E-state index contributed by atoms with van der Waals surface area (Å²) in [6, 6.07) is 18.2. The largest absolute Gasteiger partial charge is 0.342 e. The number of benzene rings is 2. The van der Waals surface area contributed by atoms with Gasteiger partial charge in [-0.3, -0.25) is 0 Å². The molecule has 0 aliphatic carbocycles. The molecule has 2 N–H and O–H groups in total. The number of hydrogen-bond donors (Lipinski definition) is 2. The molecule has 144 valence electrons. The Hall–Kier alpha value is -3.08. The lowest BCUT2D eigenvalue weighted by Crippen LogP contribution is -2.41. The minimum atomic E-state index is -0.0345. The number of aromatic amines is 1. The topological polar surface area (TPSA) is 61.0 Å². The molecule has 3 aromatic rings. The third kappa shape index (κ3) is 4.09. The summed E-state index contributed by atoms with van der Waals surface area (Å²) in [4.78, 5) is 22.7. The predicted octanol–water partition coefficient (Wildman–Crippen LogP) is 5.05. The Morgan fingerprint density at radius 3 is 2.89 bits per heavy atom. The number of nitrogens with zero attached hydrogens (tertiary/aromatic N) is 2. The van der Waals surface area contributed by atoms with Crippen molar-refractivity contribution < 1.29 is 4.79 Å². The molecular weight excluding hydrogens is 348 g/mol. The molecule has 2 heterocycles. The Morgan fingerprint density at radius 2 is 2.07 bits per heavy atom. The number of carbonyl (C=O) groups is 1. The number of amides is 2. The molecule has 1 aliphatic rings. The van der Waals surface area contributed by atoms with E-state index in [-0.39, 0.29) is 11.9 Å². The van der Waals surface area contributed by atoms with E-state index in [0.29, 0.717) is 6.54 Å². The number of rotatable bonds is 4. The number of hydrogen-bond acceptors (Lipinski definition) is 2. The fraction of sp³-hybridized carbons (Fsp3) is 0.304. The number of aromatic nitrogens is 2. The summed E-state index contributed by atoms with van der Waals surface area (Å²) in [5.74, 6) is 1.20. The molecule has 4 rings (SSSR count). The summed E-state index contributed by atoms with van der Waals surface area (Å²) in [5.41, 5.74) is 4.23. The van der Waals surface area contributed by atoms with E-state index >= 15 is 0 Å². The standard InChI is InChI=1S/C23H26N4O/c1-2-17-8-6-12-20(14-17)25-23(28)27-13-7-11-19(16-27)22-24-15-21(26-22)18-9-4-3-5-10-18/h3-6,8-10,12,14-15,19H,2,7,11,13,16H2,1H3,(H,24,26)(H,25,28). The third-order valence-electron chi connectivity index (χ3n) is 5.36. The number of urea groups is 1. The lowest BCUT2D eigenvalue weighted by molar-refractivity contribution is 0.191. The Bertz CT molecular complexity index is 935. The number of nitrogens with one attached hydrogen (secondary N) is 2. The van der Waals surface area contributed by atoms with Crippen LogP contribution in [-0.2, 0) is 6.42 Å². The van der Waals surface area contributed by atoms with Gasteiger partial charge in [0.25, 0.3) is 0 Å². The summed E-state index contributed by atoms with van der Waals surface area (Å²) in [6.07, 6.45) is 4.86. The second-order valence-electron chi connectivity index (χ2n) is 7.32. The summed E-state index contributed by atoms with van der Waals surface area (Å²) in [7, 11) is 0. The van der Waals surface area contributed by atoms with Gasteiger partial charge < -0.3 is 15.2 Å². The Kier molecular flexibility index (Phi) is 5.42. The molecule has 1 saturated heterocycles. The van der Waals surface area contributed by atoms with E-state index in [1.165, 1.54) is 5.56 Å². The zero-order valence-corrected chi connectivity index (χ0v) is 16.2. The molecule has 1 atom stereocenters. The Labute approximate surface area is 165 Å². The average molecular weight is 374 g/mol. The van der Waals surface area contributed by atoms with Crippen molar-refractivity contribution in [2.24, 2.45) is 0 Å². The van der Waals surface area contributed by atoms with Gasteiger partial charge in [0.1, 0.15) is 5.82 Å². The number of H-pyrrole nitrogens is 1. The van der Waals surface area contributed by atoms with Crippen LogP contribution in [0.5, 0.6) is 0 Å². The molecule has 0 saturated carbocycles. The van der Waals surface area contributed by atoms with Gasteiger partial charge in [0.2, 0.25) is 0 Å². The van der Waals surface area contributed by atoms with Gasteiger partial charge in [-0.15, -0.1) is 0 Å². The van der Waals surface area contributed by atoms with Crippen LogP contribution in [0.2, 0.25) is 0 Å². The lowest BCUT2D eigenvalue weighted by atomic mass is 9.97. The van der Waals surface area contributed by atoms with Crippen molar-refractivity contribution in [3.8, 4) is 11.3 Å². The fourth-order valence-corrected chi connectivity index (χ4v) is 3.76. The summed E-state index contributed by atoms with van der Waals surface area (Å²) < 4.78 is 0. The van der Waals surface area contributed by atoms with Crippen LogP contribution in [0, 0.1) is 0 Å². The molecule has 1 fully saturated rings. The predicted molar refractivity (Wildman–Crippen MR) is 112 cm³/mol. The normalized spacial score (nSPS) is 16.8.